The summed E-state index contributed by atoms with van der Waals surface area (Å²) < 4.78 is 37.0. The van der Waals surface area contributed by atoms with E-state index in [1.165, 1.54) is 17.4 Å². The normalized spacial score (nSPS) is 22.9. The Morgan fingerprint density at radius 2 is 1.96 bits per heavy atom. The third-order valence-corrected chi connectivity index (χ3v) is 4.91. The standard InChI is InChI=1S/C17H19F3N4O2/c18-17(19,20)16(26)23-14(22)9-5-6-10-8-24(15(25)11(10)7-9)13-4-2-1-3-12(13)21/h5-7,12-13H,1-4,8,21H2,(H2,22,23,26)/t12?,13-/m0/s1. The van der Waals surface area contributed by atoms with E-state index in [4.69, 9.17) is 11.1 Å². The second kappa shape index (κ2) is 6.71. The highest BCUT2D eigenvalue weighted by Crippen LogP contribution is 2.31. The molecule has 2 atom stereocenters. The van der Waals surface area contributed by atoms with E-state index >= 15 is 0 Å². The van der Waals surface area contributed by atoms with E-state index in [-0.39, 0.29) is 23.6 Å². The van der Waals surface area contributed by atoms with Crippen LogP contribution in [0.25, 0.3) is 0 Å². The summed E-state index contributed by atoms with van der Waals surface area (Å²) in [4.78, 5) is 25.4. The van der Waals surface area contributed by atoms with Gasteiger partial charge in [-0.15, -0.1) is 0 Å². The molecule has 26 heavy (non-hydrogen) atoms. The second-order valence-corrected chi connectivity index (χ2v) is 6.65. The van der Waals surface area contributed by atoms with Gasteiger partial charge in [-0.25, -0.2) is 0 Å². The summed E-state index contributed by atoms with van der Waals surface area (Å²) >= 11 is 0. The van der Waals surface area contributed by atoms with E-state index in [2.05, 4.69) is 0 Å². The summed E-state index contributed by atoms with van der Waals surface area (Å²) in [6, 6.07) is 4.23. The first kappa shape index (κ1) is 18.4. The smallest absolute Gasteiger partial charge is 0.330 e. The number of benzene rings is 1. The van der Waals surface area contributed by atoms with Crippen molar-refractivity contribution in [2.75, 3.05) is 0 Å². The van der Waals surface area contributed by atoms with Crippen molar-refractivity contribution in [1.82, 2.24) is 10.2 Å². The quantitative estimate of drug-likeness (QED) is 0.549. The van der Waals surface area contributed by atoms with Crippen LogP contribution in [-0.4, -0.2) is 40.8 Å². The number of carbonyl (C=O) groups is 2. The van der Waals surface area contributed by atoms with Gasteiger partial charge in [0, 0.05) is 29.8 Å². The minimum absolute atomic E-state index is 0.0458. The van der Waals surface area contributed by atoms with Crippen LogP contribution in [0.3, 0.4) is 0 Å². The molecule has 0 bridgehead atoms. The summed E-state index contributed by atoms with van der Waals surface area (Å²) in [6.07, 6.45) is -1.37. The maximum absolute atomic E-state index is 12.7. The van der Waals surface area contributed by atoms with Crippen molar-refractivity contribution in [2.45, 2.75) is 50.5 Å². The lowest BCUT2D eigenvalue weighted by Gasteiger charge is -2.35. The Labute approximate surface area is 148 Å². The summed E-state index contributed by atoms with van der Waals surface area (Å²) in [5.74, 6) is -3.15. The van der Waals surface area contributed by atoms with Gasteiger partial charge in [0.25, 0.3) is 5.91 Å². The maximum atomic E-state index is 12.7. The number of hydrogen-bond acceptors (Lipinski definition) is 4. The van der Waals surface area contributed by atoms with Crippen LogP contribution >= 0.6 is 0 Å². The number of nitrogens with two attached hydrogens (primary N) is 1. The molecule has 2 aliphatic rings. The van der Waals surface area contributed by atoms with E-state index in [0.717, 1.165) is 31.2 Å². The van der Waals surface area contributed by atoms with Crippen molar-refractivity contribution < 1.29 is 22.8 Å². The minimum atomic E-state index is -5.08. The first-order valence-electron chi connectivity index (χ1n) is 8.35. The monoisotopic (exact) mass is 368 g/mol. The van der Waals surface area contributed by atoms with E-state index in [9.17, 15) is 22.8 Å². The van der Waals surface area contributed by atoms with Gasteiger partial charge in [-0.1, -0.05) is 25.0 Å². The average Bonchev–Trinajstić information content (AvgIpc) is 2.90. The molecular weight excluding hydrogens is 349 g/mol. The van der Waals surface area contributed by atoms with Gasteiger partial charge in [0.2, 0.25) is 0 Å². The average molecular weight is 368 g/mol. The SMILES string of the molecule is N=C(NC(=O)C(F)(F)F)c1ccc2c(c1)C(=O)N([C@H]1CCCCC1N)C2. The fourth-order valence-corrected chi connectivity index (χ4v) is 3.53. The molecule has 1 aliphatic heterocycles. The molecule has 9 heteroatoms. The van der Waals surface area contributed by atoms with Gasteiger partial charge in [-0.05, 0) is 24.5 Å². The van der Waals surface area contributed by atoms with Gasteiger partial charge in [-0.3, -0.25) is 15.0 Å². The summed E-state index contributed by atoms with van der Waals surface area (Å²) in [5.41, 5.74) is 7.27. The zero-order valence-electron chi connectivity index (χ0n) is 13.9. The van der Waals surface area contributed by atoms with Gasteiger partial charge in [0.15, 0.2) is 0 Å². The molecule has 0 spiro atoms. The second-order valence-electron chi connectivity index (χ2n) is 6.65. The molecule has 1 heterocycles. The van der Waals surface area contributed by atoms with Crippen molar-refractivity contribution in [3.05, 3.63) is 34.9 Å². The van der Waals surface area contributed by atoms with Gasteiger partial charge in [-0.2, -0.15) is 13.2 Å². The number of alkyl halides is 3. The van der Waals surface area contributed by atoms with Crippen molar-refractivity contribution in [2.24, 2.45) is 5.73 Å². The lowest BCUT2D eigenvalue weighted by atomic mass is 9.90. The van der Waals surface area contributed by atoms with E-state index in [0.29, 0.717) is 12.1 Å². The van der Waals surface area contributed by atoms with Crippen molar-refractivity contribution in [3.63, 3.8) is 0 Å². The van der Waals surface area contributed by atoms with Gasteiger partial charge >= 0.3 is 12.1 Å². The molecule has 1 aliphatic carbocycles. The largest absolute Gasteiger partial charge is 0.471 e. The van der Waals surface area contributed by atoms with Gasteiger partial charge < -0.3 is 16.0 Å². The Balaban J connectivity index is 1.78. The molecule has 6 nitrogen and oxygen atoms in total. The Bertz CT molecular complexity index is 763. The molecule has 3 rings (SSSR count). The maximum Gasteiger partial charge on any atom is 0.471 e. The molecule has 0 saturated heterocycles. The number of amides is 2. The number of hydrogen-bond donors (Lipinski definition) is 3. The van der Waals surface area contributed by atoms with Crippen molar-refractivity contribution >= 4 is 17.6 Å². The molecule has 4 N–H and O–H groups in total. The van der Waals surface area contributed by atoms with Crippen LogP contribution in [0.4, 0.5) is 13.2 Å². The molecule has 1 unspecified atom stereocenters. The number of carbonyl (C=O) groups excluding carboxylic acids is 2. The fraction of sp³-hybridized carbons (Fsp3) is 0.471. The predicted octanol–water partition coefficient (Wildman–Crippen LogP) is 1.92. The number of halogens is 3. The van der Waals surface area contributed by atoms with Crippen LogP contribution in [-0.2, 0) is 11.3 Å². The van der Waals surface area contributed by atoms with Crippen molar-refractivity contribution in [3.8, 4) is 0 Å². The summed E-state index contributed by atoms with van der Waals surface area (Å²) in [6.45, 7) is 0.398. The first-order chi connectivity index (χ1) is 12.2. The van der Waals surface area contributed by atoms with Gasteiger partial charge in [0.05, 0.1) is 0 Å². The van der Waals surface area contributed by atoms with E-state index in [1.54, 1.807) is 11.0 Å². The van der Waals surface area contributed by atoms with Crippen LogP contribution in [0.1, 0.15) is 47.2 Å². The number of amidine groups is 1. The molecule has 0 aromatic heterocycles. The highest BCUT2D eigenvalue weighted by Gasteiger charge is 2.40. The molecule has 1 saturated carbocycles. The number of nitrogens with one attached hydrogen (secondary N) is 2. The number of nitrogens with zero attached hydrogens (tertiary/aromatic N) is 1. The number of rotatable bonds is 2. The summed E-state index contributed by atoms with van der Waals surface area (Å²) in [7, 11) is 0. The molecule has 2 amide bonds. The zero-order chi connectivity index (χ0) is 19.1. The van der Waals surface area contributed by atoms with Crippen LogP contribution in [0.2, 0.25) is 0 Å². The lowest BCUT2D eigenvalue weighted by molar-refractivity contribution is -0.171. The molecule has 1 aromatic rings. The summed E-state index contributed by atoms with van der Waals surface area (Å²) in [5, 5.41) is 9.17. The Morgan fingerprint density at radius 3 is 2.62 bits per heavy atom. The molecule has 0 radical (unpaired) electrons. The van der Waals surface area contributed by atoms with E-state index < -0.39 is 17.9 Å². The lowest BCUT2D eigenvalue weighted by Crippen LogP contribution is -2.49. The zero-order valence-corrected chi connectivity index (χ0v) is 13.9. The molecule has 140 valence electrons. The molecule has 1 aromatic carbocycles. The van der Waals surface area contributed by atoms with Crippen LogP contribution in [0.15, 0.2) is 18.2 Å². The first-order valence-corrected chi connectivity index (χ1v) is 8.35. The fourth-order valence-electron chi connectivity index (χ4n) is 3.53. The van der Waals surface area contributed by atoms with Crippen LogP contribution < -0.4 is 11.1 Å². The Kier molecular flexibility index (Phi) is 4.74. The van der Waals surface area contributed by atoms with Crippen LogP contribution in [0.5, 0.6) is 0 Å². The third kappa shape index (κ3) is 3.44. The van der Waals surface area contributed by atoms with Crippen molar-refractivity contribution in [1.29, 1.82) is 5.41 Å². The Hall–Kier alpha value is -2.42. The minimum Gasteiger partial charge on any atom is -0.330 e. The van der Waals surface area contributed by atoms with Crippen LogP contribution in [0, 0.1) is 5.41 Å². The van der Waals surface area contributed by atoms with Gasteiger partial charge in [0.1, 0.15) is 5.84 Å². The highest BCUT2D eigenvalue weighted by atomic mass is 19.4. The third-order valence-electron chi connectivity index (χ3n) is 4.91. The van der Waals surface area contributed by atoms with E-state index in [1.807, 2.05) is 0 Å². The topological polar surface area (TPSA) is 99.3 Å². The molecular formula is C17H19F3N4O2. The number of fused-ring (bicyclic) bond motifs is 1. The Morgan fingerprint density at radius 1 is 1.27 bits per heavy atom. The highest BCUT2D eigenvalue weighted by molar-refractivity contribution is 6.09. The predicted molar refractivity (Wildman–Crippen MR) is 87.6 cm³/mol. The molecule has 1 fully saturated rings.